The van der Waals surface area contributed by atoms with Gasteiger partial charge in [-0.3, -0.25) is 14.3 Å². The number of hydrogen-bond donors (Lipinski definition) is 2. The molecule has 12 heteroatoms. The highest BCUT2D eigenvalue weighted by molar-refractivity contribution is 6.03. The van der Waals surface area contributed by atoms with Crippen LogP contribution in [0.15, 0.2) is 36.7 Å². The number of nitrogen functional groups attached to an aromatic ring is 1. The first kappa shape index (κ1) is 24.1. The number of aromatic nitrogens is 4. The fourth-order valence-electron chi connectivity index (χ4n) is 6.48. The summed E-state index contributed by atoms with van der Waals surface area (Å²) >= 11 is 0. The lowest BCUT2D eigenvalue weighted by atomic mass is 9.80. The molecule has 2 amide bonds. The van der Waals surface area contributed by atoms with Crippen LogP contribution in [0.4, 0.5) is 19.0 Å². The topological polar surface area (TPSA) is 125 Å². The minimum atomic E-state index is -4.44. The zero-order valence-corrected chi connectivity index (χ0v) is 20.4. The smallest absolute Gasteiger partial charge is 0.383 e. The Kier molecular flexibility index (Phi) is 5.14. The van der Waals surface area contributed by atoms with E-state index in [-0.39, 0.29) is 41.0 Å². The van der Waals surface area contributed by atoms with Crippen LogP contribution in [0.5, 0.6) is 0 Å². The van der Waals surface area contributed by atoms with Gasteiger partial charge in [0, 0.05) is 30.3 Å². The lowest BCUT2D eigenvalue weighted by molar-refractivity contribution is -0.137. The van der Waals surface area contributed by atoms with E-state index in [2.05, 4.69) is 22.0 Å². The summed E-state index contributed by atoms with van der Waals surface area (Å²) in [5.74, 6) is 5.18. The number of carbonyl (C=O) groups is 2. The Morgan fingerprint density at radius 2 is 2.08 bits per heavy atom. The highest BCUT2D eigenvalue weighted by atomic mass is 19.4. The zero-order chi connectivity index (χ0) is 27.0. The second-order valence-electron chi connectivity index (χ2n) is 10.2. The van der Waals surface area contributed by atoms with Crippen molar-refractivity contribution in [3.63, 3.8) is 0 Å². The normalized spacial score (nSPS) is 25.2. The highest BCUT2D eigenvalue weighted by Gasteiger charge is 2.79. The number of alkyl halides is 3. The van der Waals surface area contributed by atoms with Crippen LogP contribution in [0.3, 0.4) is 0 Å². The van der Waals surface area contributed by atoms with E-state index < -0.39 is 17.6 Å². The molecule has 1 aliphatic heterocycles. The van der Waals surface area contributed by atoms with Crippen molar-refractivity contribution in [3.8, 4) is 23.1 Å². The highest BCUT2D eigenvalue weighted by Crippen LogP contribution is 2.79. The van der Waals surface area contributed by atoms with E-state index in [1.165, 1.54) is 16.9 Å². The molecule has 38 heavy (non-hydrogen) atoms. The number of halogens is 3. The number of fused-ring (bicyclic) bond motifs is 1. The summed E-state index contributed by atoms with van der Waals surface area (Å²) in [7, 11) is 0. The van der Waals surface area contributed by atoms with Crippen LogP contribution in [0.25, 0.3) is 11.3 Å². The number of benzene rings is 1. The van der Waals surface area contributed by atoms with Crippen molar-refractivity contribution in [3.05, 3.63) is 53.3 Å². The SMILES string of the molecule is CC#CC(=O)N1CC2C3[C@H](n4nc(-c5cnn(Cc6cccc(C(F)(F)F)c6)c5)c(C(N)=O)c4N)C[C@]23C1. The summed E-state index contributed by atoms with van der Waals surface area (Å²) in [5.41, 5.74) is 12.6. The first-order chi connectivity index (χ1) is 18.0. The monoisotopic (exact) mass is 523 g/mol. The molecule has 9 nitrogen and oxygen atoms in total. The molecule has 3 aliphatic rings. The van der Waals surface area contributed by atoms with Gasteiger partial charge >= 0.3 is 6.18 Å². The van der Waals surface area contributed by atoms with Crippen LogP contribution in [-0.4, -0.2) is 49.4 Å². The number of hydrogen-bond acceptors (Lipinski definition) is 5. The molecule has 2 unspecified atom stereocenters. The van der Waals surface area contributed by atoms with Gasteiger partial charge in [0.2, 0.25) is 0 Å². The number of primary amides is 1. The predicted octanol–water partition coefficient (Wildman–Crippen LogP) is 2.54. The first-order valence-electron chi connectivity index (χ1n) is 12.1. The molecule has 1 saturated heterocycles. The lowest BCUT2D eigenvalue weighted by Crippen LogP contribution is -2.40. The molecular weight excluding hydrogens is 499 g/mol. The standard InChI is InChI=1S/C26H24F3N7O2/c1-2-4-19(37)34-12-17-21-18(8-25(17,21)13-34)36-23(30)20(24(31)38)22(33-36)15-9-32-35(11-15)10-14-5-3-6-16(7-14)26(27,28)29/h3,5-7,9,11,17-18,21H,8,10,12-13,30H2,1H3,(H2,31,38)/t17?,18-,21?,25+/m1/s1. The van der Waals surface area contributed by atoms with Gasteiger partial charge in [-0.1, -0.05) is 18.1 Å². The van der Waals surface area contributed by atoms with Gasteiger partial charge < -0.3 is 16.4 Å². The molecule has 3 fully saturated rings. The quantitative estimate of drug-likeness (QED) is 0.498. The molecule has 1 spiro atoms. The van der Waals surface area contributed by atoms with Crippen LogP contribution >= 0.6 is 0 Å². The van der Waals surface area contributed by atoms with Gasteiger partial charge in [0.15, 0.2) is 0 Å². The van der Waals surface area contributed by atoms with Crippen molar-refractivity contribution in [2.45, 2.75) is 32.1 Å². The third-order valence-corrected chi connectivity index (χ3v) is 8.17. The molecular formula is C26H24F3N7O2. The van der Waals surface area contributed by atoms with E-state index >= 15 is 0 Å². The van der Waals surface area contributed by atoms with E-state index in [1.54, 1.807) is 28.8 Å². The summed E-state index contributed by atoms with van der Waals surface area (Å²) in [4.78, 5) is 26.3. The Hall–Kier alpha value is -4.27. The number of nitrogens with two attached hydrogens (primary N) is 2. The maximum Gasteiger partial charge on any atom is 0.416 e. The van der Waals surface area contributed by atoms with Gasteiger partial charge in [-0.15, -0.1) is 0 Å². The van der Waals surface area contributed by atoms with Crippen LogP contribution in [0.1, 0.15) is 40.9 Å². The van der Waals surface area contributed by atoms with Crippen molar-refractivity contribution in [2.24, 2.45) is 23.0 Å². The average molecular weight is 524 g/mol. The number of nitrogens with zero attached hydrogens (tertiary/aromatic N) is 5. The Balaban J connectivity index is 1.23. The minimum Gasteiger partial charge on any atom is -0.383 e. The summed E-state index contributed by atoms with van der Waals surface area (Å²) < 4.78 is 42.3. The average Bonchev–Trinajstić information content (AvgIpc) is 3.34. The predicted molar refractivity (Wildman–Crippen MR) is 130 cm³/mol. The number of piperidine rings is 1. The van der Waals surface area contributed by atoms with Crippen LogP contribution in [-0.2, 0) is 17.5 Å². The van der Waals surface area contributed by atoms with Crippen molar-refractivity contribution in [2.75, 3.05) is 18.8 Å². The molecule has 4 N–H and O–H groups in total. The molecule has 2 aromatic heterocycles. The van der Waals surface area contributed by atoms with Crippen molar-refractivity contribution < 1.29 is 22.8 Å². The van der Waals surface area contributed by atoms with Crippen LogP contribution in [0, 0.1) is 29.1 Å². The number of amides is 2. The van der Waals surface area contributed by atoms with E-state index in [0.29, 0.717) is 36.1 Å². The molecule has 0 bridgehead atoms. The molecule has 2 saturated carbocycles. The van der Waals surface area contributed by atoms with Crippen molar-refractivity contribution >= 4 is 17.6 Å². The van der Waals surface area contributed by atoms with Gasteiger partial charge in [0.1, 0.15) is 17.1 Å². The number of likely N-dealkylation sites (tertiary alicyclic amines) is 1. The second kappa shape index (κ2) is 8.11. The number of anilines is 1. The fourth-order valence-corrected chi connectivity index (χ4v) is 6.48. The fraction of sp³-hybridized carbons (Fsp3) is 0.385. The van der Waals surface area contributed by atoms with Gasteiger partial charge in [-0.05, 0) is 48.8 Å². The van der Waals surface area contributed by atoms with Crippen molar-refractivity contribution in [1.82, 2.24) is 24.5 Å². The maximum atomic E-state index is 13.1. The molecule has 0 radical (unpaired) electrons. The Labute approximate surface area is 215 Å². The zero-order valence-electron chi connectivity index (χ0n) is 20.4. The van der Waals surface area contributed by atoms with Gasteiger partial charge in [0.25, 0.3) is 11.8 Å². The van der Waals surface area contributed by atoms with Gasteiger partial charge in [0.05, 0.1) is 24.3 Å². The Bertz CT molecular complexity index is 1550. The van der Waals surface area contributed by atoms with Gasteiger partial charge in [-0.25, -0.2) is 4.68 Å². The van der Waals surface area contributed by atoms with Crippen molar-refractivity contribution in [1.29, 1.82) is 0 Å². The molecule has 6 rings (SSSR count). The molecule has 4 atom stereocenters. The Morgan fingerprint density at radius 3 is 2.76 bits per heavy atom. The molecule has 3 aromatic rings. The van der Waals surface area contributed by atoms with E-state index in [1.807, 2.05) is 0 Å². The third-order valence-electron chi connectivity index (χ3n) is 8.17. The largest absolute Gasteiger partial charge is 0.416 e. The minimum absolute atomic E-state index is 0.0125. The van der Waals surface area contributed by atoms with Crippen LogP contribution < -0.4 is 11.5 Å². The summed E-state index contributed by atoms with van der Waals surface area (Å²) in [6, 6.07) is 5.01. The lowest BCUT2D eigenvalue weighted by Gasteiger charge is -2.37. The molecule has 196 valence electrons. The second-order valence-corrected chi connectivity index (χ2v) is 10.2. The molecule has 2 aliphatic carbocycles. The molecule has 3 heterocycles. The van der Waals surface area contributed by atoms with E-state index in [9.17, 15) is 22.8 Å². The summed E-state index contributed by atoms with van der Waals surface area (Å²) in [5, 5.41) is 8.91. The first-order valence-corrected chi connectivity index (χ1v) is 12.1. The summed E-state index contributed by atoms with van der Waals surface area (Å²) in [6.07, 6.45) is -0.572. The Morgan fingerprint density at radius 1 is 1.29 bits per heavy atom. The van der Waals surface area contributed by atoms with E-state index in [4.69, 9.17) is 11.5 Å². The summed E-state index contributed by atoms with van der Waals surface area (Å²) in [6.45, 7) is 3.04. The maximum absolute atomic E-state index is 13.1. The number of rotatable bonds is 5. The van der Waals surface area contributed by atoms with E-state index in [0.717, 1.165) is 18.6 Å². The molecule has 1 aromatic carbocycles. The third kappa shape index (κ3) is 3.56. The van der Waals surface area contributed by atoms with Crippen LogP contribution in [0.2, 0.25) is 0 Å². The van der Waals surface area contributed by atoms with Gasteiger partial charge in [-0.2, -0.15) is 23.4 Å². The number of carbonyl (C=O) groups excluding carboxylic acids is 2.